The van der Waals surface area contributed by atoms with Gasteiger partial charge < -0.3 is 15.4 Å². The molecule has 0 saturated carbocycles. The average Bonchev–Trinajstić information content (AvgIpc) is 2.15. The van der Waals surface area contributed by atoms with Crippen LogP contribution in [0.25, 0.3) is 0 Å². The molecule has 108 valence electrons. The van der Waals surface area contributed by atoms with E-state index in [1.165, 1.54) is 0 Å². The van der Waals surface area contributed by atoms with Crippen LogP contribution in [0.3, 0.4) is 0 Å². The summed E-state index contributed by atoms with van der Waals surface area (Å²) in [6.07, 6.45) is 0.303. The number of rotatable bonds is 5. The van der Waals surface area contributed by atoms with Crippen molar-refractivity contribution in [2.45, 2.75) is 46.6 Å². The van der Waals surface area contributed by atoms with Crippen molar-refractivity contribution >= 4 is 35.9 Å². The molecule has 0 aliphatic rings. The topological polar surface area (TPSA) is 62.7 Å². The summed E-state index contributed by atoms with van der Waals surface area (Å²) in [6, 6.07) is 0. The molecular formula is C12H26IN3O2. The van der Waals surface area contributed by atoms with Crippen molar-refractivity contribution in [1.29, 1.82) is 0 Å². The lowest BCUT2D eigenvalue weighted by Gasteiger charge is -2.19. The number of hydrogen-bond acceptors (Lipinski definition) is 3. The monoisotopic (exact) mass is 371 g/mol. The molecular weight excluding hydrogens is 345 g/mol. The highest BCUT2D eigenvalue weighted by molar-refractivity contribution is 14.0. The number of nitrogens with zero attached hydrogens (tertiary/aromatic N) is 1. The van der Waals surface area contributed by atoms with Gasteiger partial charge in [0.15, 0.2) is 5.96 Å². The summed E-state index contributed by atoms with van der Waals surface area (Å²) >= 11 is 0. The Kier molecular flexibility index (Phi) is 11.4. The van der Waals surface area contributed by atoms with Gasteiger partial charge in [-0.1, -0.05) is 0 Å². The fourth-order valence-corrected chi connectivity index (χ4v) is 1.16. The van der Waals surface area contributed by atoms with E-state index in [4.69, 9.17) is 4.74 Å². The van der Waals surface area contributed by atoms with Gasteiger partial charge in [-0.2, -0.15) is 0 Å². The minimum atomic E-state index is -0.424. The number of guanidine groups is 1. The van der Waals surface area contributed by atoms with Gasteiger partial charge >= 0.3 is 5.97 Å². The second-order valence-corrected chi connectivity index (χ2v) is 4.63. The van der Waals surface area contributed by atoms with Crippen LogP contribution in [-0.2, 0) is 9.53 Å². The van der Waals surface area contributed by atoms with E-state index in [0.717, 1.165) is 19.0 Å². The minimum Gasteiger partial charge on any atom is -0.460 e. The van der Waals surface area contributed by atoms with Gasteiger partial charge in [0.2, 0.25) is 0 Å². The number of carbonyl (C=O) groups excluding carboxylic acids is 1. The maximum Gasteiger partial charge on any atom is 0.308 e. The molecule has 0 aliphatic heterocycles. The highest BCUT2D eigenvalue weighted by Gasteiger charge is 2.15. The van der Waals surface area contributed by atoms with Gasteiger partial charge in [0, 0.05) is 13.1 Å². The summed E-state index contributed by atoms with van der Waals surface area (Å²) < 4.78 is 5.19. The molecule has 5 nitrogen and oxygen atoms in total. The number of esters is 1. The van der Waals surface area contributed by atoms with Crippen LogP contribution in [0.15, 0.2) is 4.99 Å². The molecule has 18 heavy (non-hydrogen) atoms. The van der Waals surface area contributed by atoms with Gasteiger partial charge in [0.1, 0.15) is 5.60 Å². The molecule has 2 N–H and O–H groups in total. The Morgan fingerprint density at radius 3 is 2.06 bits per heavy atom. The Morgan fingerprint density at radius 2 is 1.67 bits per heavy atom. The number of nitrogens with one attached hydrogen (secondary N) is 2. The predicted molar refractivity (Wildman–Crippen MR) is 85.5 cm³/mol. The highest BCUT2D eigenvalue weighted by Crippen LogP contribution is 2.07. The number of aliphatic imine (C=N–C) groups is 1. The van der Waals surface area contributed by atoms with E-state index in [2.05, 4.69) is 15.6 Å². The Hall–Kier alpha value is -0.530. The van der Waals surface area contributed by atoms with Crippen molar-refractivity contribution in [3.8, 4) is 0 Å². The van der Waals surface area contributed by atoms with Gasteiger partial charge in [-0.15, -0.1) is 24.0 Å². The first kappa shape index (κ1) is 19.8. The molecule has 0 saturated heterocycles. The standard InChI is InChI=1S/C12H25N3O2.HI/c1-6-13-11(14-7-2)15-9-8-10(16)17-12(3,4)5;/h6-9H2,1-5H3,(H2,13,14,15);1H. The second kappa shape index (κ2) is 10.4. The van der Waals surface area contributed by atoms with Crippen molar-refractivity contribution in [3.63, 3.8) is 0 Å². The third kappa shape index (κ3) is 11.9. The first-order valence-electron chi connectivity index (χ1n) is 6.13. The molecule has 0 unspecified atom stereocenters. The van der Waals surface area contributed by atoms with Crippen LogP contribution < -0.4 is 10.6 Å². The van der Waals surface area contributed by atoms with Crippen LogP contribution in [0, 0.1) is 0 Å². The van der Waals surface area contributed by atoms with Crippen LogP contribution in [0.1, 0.15) is 41.0 Å². The Bertz CT molecular complexity index is 255. The third-order valence-corrected chi connectivity index (χ3v) is 1.69. The minimum absolute atomic E-state index is 0. The summed E-state index contributed by atoms with van der Waals surface area (Å²) in [5.41, 5.74) is -0.424. The summed E-state index contributed by atoms with van der Waals surface area (Å²) in [6.45, 7) is 11.6. The summed E-state index contributed by atoms with van der Waals surface area (Å²) in [5.74, 6) is 0.521. The van der Waals surface area contributed by atoms with Gasteiger partial charge in [-0.25, -0.2) is 0 Å². The van der Waals surface area contributed by atoms with Crippen LogP contribution in [0.4, 0.5) is 0 Å². The lowest BCUT2D eigenvalue weighted by atomic mass is 10.2. The molecule has 0 aromatic rings. The van der Waals surface area contributed by atoms with Crippen LogP contribution in [0.2, 0.25) is 0 Å². The van der Waals surface area contributed by atoms with Crippen molar-refractivity contribution in [3.05, 3.63) is 0 Å². The van der Waals surface area contributed by atoms with Crippen LogP contribution >= 0.6 is 24.0 Å². The molecule has 6 heteroatoms. The molecule has 0 spiro atoms. The molecule has 0 aromatic heterocycles. The fraction of sp³-hybridized carbons (Fsp3) is 0.833. The van der Waals surface area contributed by atoms with Crippen LogP contribution in [0.5, 0.6) is 0 Å². The molecule has 0 radical (unpaired) electrons. The number of ether oxygens (including phenoxy) is 1. The molecule has 0 bridgehead atoms. The molecule has 0 fully saturated rings. The Labute approximate surface area is 127 Å². The van der Waals surface area contributed by atoms with Crippen molar-refractivity contribution in [1.82, 2.24) is 10.6 Å². The fourth-order valence-electron chi connectivity index (χ4n) is 1.16. The quantitative estimate of drug-likeness (QED) is 0.336. The summed E-state index contributed by atoms with van der Waals surface area (Å²) in [5, 5.41) is 6.18. The van der Waals surface area contributed by atoms with Crippen LogP contribution in [-0.4, -0.2) is 37.2 Å². The van der Waals surface area contributed by atoms with E-state index in [1.54, 1.807) is 0 Å². The smallest absolute Gasteiger partial charge is 0.308 e. The van der Waals surface area contributed by atoms with Gasteiger partial charge in [-0.05, 0) is 34.6 Å². The zero-order valence-electron chi connectivity index (χ0n) is 12.0. The van der Waals surface area contributed by atoms with E-state index >= 15 is 0 Å². The molecule has 0 aromatic carbocycles. The molecule has 0 aliphatic carbocycles. The predicted octanol–water partition coefficient (Wildman–Crippen LogP) is 1.91. The van der Waals surface area contributed by atoms with Gasteiger partial charge in [0.25, 0.3) is 0 Å². The maximum absolute atomic E-state index is 11.4. The Morgan fingerprint density at radius 1 is 1.17 bits per heavy atom. The summed E-state index contributed by atoms with van der Waals surface area (Å²) in [4.78, 5) is 15.7. The highest BCUT2D eigenvalue weighted by atomic mass is 127. The average molecular weight is 371 g/mol. The van der Waals surface area contributed by atoms with Crippen molar-refractivity contribution in [2.75, 3.05) is 19.6 Å². The van der Waals surface area contributed by atoms with E-state index in [-0.39, 0.29) is 29.9 Å². The van der Waals surface area contributed by atoms with Gasteiger partial charge in [0.05, 0.1) is 13.0 Å². The third-order valence-electron chi connectivity index (χ3n) is 1.69. The Balaban J connectivity index is 0. The largest absolute Gasteiger partial charge is 0.460 e. The molecule has 0 heterocycles. The van der Waals surface area contributed by atoms with Gasteiger partial charge in [-0.3, -0.25) is 9.79 Å². The lowest BCUT2D eigenvalue weighted by molar-refractivity contribution is -0.154. The zero-order valence-corrected chi connectivity index (χ0v) is 14.3. The first-order chi connectivity index (χ1) is 7.89. The first-order valence-corrected chi connectivity index (χ1v) is 6.13. The zero-order chi connectivity index (χ0) is 13.3. The second-order valence-electron chi connectivity index (χ2n) is 4.63. The molecule has 0 atom stereocenters. The lowest BCUT2D eigenvalue weighted by Crippen LogP contribution is -2.37. The SMILES string of the molecule is CCNC(=NCCC(=O)OC(C)(C)C)NCC.I. The number of carbonyl (C=O) groups is 1. The van der Waals surface area contributed by atoms with E-state index < -0.39 is 5.60 Å². The van der Waals surface area contributed by atoms with E-state index in [1.807, 2.05) is 34.6 Å². The van der Waals surface area contributed by atoms with E-state index in [9.17, 15) is 4.79 Å². The van der Waals surface area contributed by atoms with Crippen molar-refractivity contribution < 1.29 is 9.53 Å². The van der Waals surface area contributed by atoms with E-state index in [0.29, 0.717) is 13.0 Å². The van der Waals surface area contributed by atoms with Crippen molar-refractivity contribution in [2.24, 2.45) is 4.99 Å². The number of hydrogen-bond donors (Lipinski definition) is 2. The maximum atomic E-state index is 11.4. The molecule has 0 amide bonds. The number of halogens is 1. The summed E-state index contributed by atoms with van der Waals surface area (Å²) in [7, 11) is 0. The normalized spacial score (nSPS) is 10.1. The molecule has 0 rings (SSSR count).